The predicted octanol–water partition coefficient (Wildman–Crippen LogP) is 3.24. The van der Waals surface area contributed by atoms with Crippen molar-refractivity contribution in [1.29, 1.82) is 0 Å². The van der Waals surface area contributed by atoms with Crippen LogP contribution in [0, 0.1) is 5.82 Å². The van der Waals surface area contributed by atoms with Gasteiger partial charge in [-0.05, 0) is 42.0 Å². The van der Waals surface area contributed by atoms with Crippen LogP contribution in [0.15, 0.2) is 83.0 Å². The zero-order chi connectivity index (χ0) is 22.0. The van der Waals surface area contributed by atoms with E-state index in [9.17, 15) is 17.6 Å². The summed E-state index contributed by atoms with van der Waals surface area (Å²) in [4.78, 5) is 16.0. The average Bonchev–Trinajstić information content (AvgIpc) is 3.25. The topological polar surface area (TPSA) is 89.8 Å². The molecule has 0 saturated heterocycles. The van der Waals surface area contributed by atoms with Gasteiger partial charge in [0.1, 0.15) is 22.1 Å². The molecular formula is C22H18FN3O4S. The van der Waals surface area contributed by atoms with Crippen molar-refractivity contribution in [2.24, 2.45) is 0 Å². The lowest BCUT2D eigenvalue weighted by atomic mass is 10.2. The Morgan fingerprint density at radius 1 is 1.13 bits per heavy atom. The van der Waals surface area contributed by atoms with Crippen molar-refractivity contribution in [2.45, 2.75) is 16.3 Å². The standard InChI is InChI=1S/C22H18FN3O4S/c1-30-19-4-2-3-18(23)21(19)31(28,29)17-8-5-15(6-9-17)13-25-22(27)16-7-10-20-24-11-12-26(20)14-16/h2-12,14H,13H2,1H3,(H,25,27). The maximum absolute atomic E-state index is 14.2. The van der Waals surface area contributed by atoms with Crippen LogP contribution < -0.4 is 10.1 Å². The molecule has 1 amide bonds. The van der Waals surface area contributed by atoms with Crippen molar-refractivity contribution >= 4 is 21.4 Å². The van der Waals surface area contributed by atoms with E-state index >= 15 is 0 Å². The normalized spacial score (nSPS) is 11.4. The minimum atomic E-state index is -4.11. The van der Waals surface area contributed by atoms with E-state index in [0.717, 1.165) is 11.7 Å². The number of aromatic nitrogens is 2. The number of hydrogen-bond acceptors (Lipinski definition) is 5. The van der Waals surface area contributed by atoms with E-state index in [4.69, 9.17) is 4.74 Å². The summed E-state index contributed by atoms with van der Waals surface area (Å²) in [5, 5.41) is 2.79. The number of benzene rings is 2. The molecule has 158 valence electrons. The molecule has 4 aromatic rings. The lowest BCUT2D eigenvalue weighted by Crippen LogP contribution is -2.23. The third kappa shape index (κ3) is 3.99. The molecule has 31 heavy (non-hydrogen) atoms. The van der Waals surface area contributed by atoms with Crippen molar-refractivity contribution < 1.29 is 22.3 Å². The van der Waals surface area contributed by atoms with E-state index in [0.29, 0.717) is 11.1 Å². The number of imidazole rings is 1. The van der Waals surface area contributed by atoms with Crippen molar-refractivity contribution in [2.75, 3.05) is 7.11 Å². The van der Waals surface area contributed by atoms with Gasteiger partial charge in [0.05, 0.1) is 17.6 Å². The summed E-state index contributed by atoms with van der Waals surface area (Å²) in [6.07, 6.45) is 5.06. The van der Waals surface area contributed by atoms with Crippen LogP contribution >= 0.6 is 0 Å². The molecule has 0 fully saturated rings. The number of fused-ring (bicyclic) bond motifs is 1. The van der Waals surface area contributed by atoms with Crippen LogP contribution in [-0.2, 0) is 16.4 Å². The number of hydrogen-bond donors (Lipinski definition) is 1. The fourth-order valence-corrected chi connectivity index (χ4v) is 4.62. The maximum atomic E-state index is 14.2. The monoisotopic (exact) mass is 439 g/mol. The zero-order valence-electron chi connectivity index (χ0n) is 16.4. The number of carbonyl (C=O) groups excluding carboxylic acids is 1. The molecule has 0 atom stereocenters. The first-order valence-electron chi connectivity index (χ1n) is 9.27. The van der Waals surface area contributed by atoms with Crippen molar-refractivity contribution in [1.82, 2.24) is 14.7 Å². The van der Waals surface area contributed by atoms with Crippen molar-refractivity contribution in [3.8, 4) is 5.75 Å². The molecule has 2 heterocycles. The van der Waals surface area contributed by atoms with Gasteiger partial charge in [-0.25, -0.2) is 17.8 Å². The third-order valence-electron chi connectivity index (χ3n) is 4.76. The predicted molar refractivity (Wildman–Crippen MR) is 111 cm³/mol. The second-order valence-corrected chi connectivity index (χ2v) is 8.60. The van der Waals surface area contributed by atoms with Gasteiger partial charge in [-0.3, -0.25) is 4.79 Å². The van der Waals surface area contributed by atoms with E-state index in [2.05, 4.69) is 10.3 Å². The van der Waals surface area contributed by atoms with Gasteiger partial charge in [-0.1, -0.05) is 18.2 Å². The number of pyridine rings is 1. The van der Waals surface area contributed by atoms with E-state index in [-0.39, 0.29) is 23.1 Å². The number of ether oxygens (including phenoxy) is 1. The number of sulfone groups is 1. The summed E-state index contributed by atoms with van der Waals surface area (Å²) in [5.74, 6) is -1.22. The highest BCUT2D eigenvalue weighted by Crippen LogP contribution is 2.31. The van der Waals surface area contributed by atoms with E-state index in [1.807, 2.05) is 0 Å². The second-order valence-electron chi connectivity index (χ2n) is 6.71. The molecule has 2 aromatic heterocycles. The molecule has 0 radical (unpaired) electrons. The zero-order valence-corrected chi connectivity index (χ0v) is 17.3. The Labute approximate surface area is 178 Å². The minimum Gasteiger partial charge on any atom is -0.495 e. The van der Waals surface area contributed by atoms with Crippen LogP contribution in [-0.4, -0.2) is 30.8 Å². The number of halogens is 1. The summed E-state index contributed by atoms with van der Waals surface area (Å²) in [6, 6.07) is 13.1. The quantitative estimate of drug-likeness (QED) is 0.498. The Kier molecular flexibility index (Phi) is 5.43. The van der Waals surface area contributed by atoms with Crippen molar-refractivity contribution in [3.63, 3.8) is 0 Å². The maximum Gasteiger partial charge on any atom is 0.253 e. The molecule has 0 unspecified atom stereocenters. The van der Waals surface area contributed by atoms with Crippen LogP contribution in [0.5, 0.6) is 5.75 Å². The molecule has 0 saturated carbocycles. The number of amides is 1. The van der Waals surface area contributed by atoms with Gasteiger partial charge in [0.25, 0.3) is 5.91 Å². The van der Waals surface area contributed by atoms with Gasteiger partial charge in [0, 0.05) is 25.1 Å². The highest BCUT2D eigenvalue weighted by Gasteiger charge is 2.26. The first-order chi connectivity index (χ1) is 14.9. The van der Waals surface area contributed by atoms with Crippen molar-refractivity contribution in [3.05, 3.63) is 90.1 Å². The highest BCUT2D eigenvalue weighted by molar-refractivity contribution is 7.91. The first kappa shape index (κ1) is 20.5. The van der Waals surface area contributed by atoms with Gasteiger partial charge in [-0.15, -0.1) is 0 Å². The highest BCUT2D eigenvalue weighted by atomic mass is 32.2. The molecule has 7 nitrogen and oxygen atoms in total. The summed E-state index contributed by atoms with van der Waals surface area (Å²) in [5.41, 5.74) is 1.90. The Balaban J connectivity index is 1.50. The SMILES string of the molecule is COc1cccc(F)c1S(=O)(=O)c1ccc(CNC(=O)c2ccc3nccn3c2)cc1. The third-order valence-corrected chi connectivity index (χ3v) is 6.58. The lowest BCUT2D eigenvalue weighted by molar-refractivity contribution is 0.0950. The molecular weight excluding hydrogens is 421 g/mol. The van der Waals surface area contributed by atoms with Crippen LogP contribution in [0.25, 0.3) is 5.65 Å². The Morgan fingerprint density at radius 3 is 2.65 bits per heavy atom. The van der Waals surface area contributed by atoms with E-state index in [1.54, 1.807) is 47.3 Å². The van der Waals surface area contributed by atoms with Crippen LogP contribution in [0.4, 0.5) is 4.39 Å². The van der Waals surface area contributed by atoms with Gasteiger partial charge in [-0.2, -0.15) is 0 Å². The van der Waals surface area contributed by atoms with Crippen LogP contribution in [0.3, 0.4) is 0 Å². The number of nitrogens with one attached hydrogen (secondary N) is 1. The molecule has 0 spiro atoms. The van der Waals surface area contributed by atoms with E-state index < -0.39 is 20.5 Å². The molecule has 0 aliphatic rings. The lowest BCUT2D eigenvalue weighted by Gasteiger charge is -2.11. The molecule has 0 bridgehead atoms. The Bertz CT molecular complexity index is 1370. The fraction of sp³-hybridized carbons (Fsp3) is 0.0909. The Morgan fingerprint density at radius 2 is 1.90 bits per heavy atom. The van der Waals surface area contributed by atoms with Crippen LogP contribution in [0.2, 0.25) is 0 Å². The van der Waals surface area contributed by atoms with Gasteiger partial charge >= 0.3 is 0 Å². The van der Waals surface area contributed by atoms with Crippen LogP contribution in [0.1, 0.15) is 15.9 Å². The smallest absolute Gasteiger partial charge is 0.253 e. The molecule has 0 aliphatic heterocycles. The largest absolute Gasteiger partial charge is 0.495 e. The Hall–Kier alpha value is -3.72. The van der Waals surface area contributed by atoms with Gasteiger partial charge in [0.15, 0.2) is 0 Å². The molecule has 9 heteroatoms. The molecule has 0 aliphatic carbocycles. The molecule has 1 N–H and O–H groups in total. The van der Waals surface area contributed by atoms with E-state index in [1.165, 1.54) is 31.4 Å². The number of methoxy groups -OCH3 is 1. The number of carbonyl (C=O) groups is 1. The summed E-state index contributed by atoms with van der Waals surface area (Å²) >= 11 is 0. The van der Waals surface area contributed by atoms with Gasteiger partial charge in [0.2, 0.25) is 9.84 Å². The van der Waals surface area contributed by atoms with Gasteiger partial charge < -0.3 is 14.5 Å². The summed E-state index contributed by atoms with van der Waals surface area (Å²) < 4.78 is 46.8. The molecule has 2 aromatic carbocycles. The number of rotatable bonds is 6. The minimum absolute atomic E-state index is 0.0637. The average molecular weight is 439 g/mol. The second kappa shape index (κ2) is 8.19. The first-order valence-corrected chi connectivity index (χ1v) is 10.8. The number of nitrogens with zero attached hydrogens (tertiary/aromatic N) is 2. The molecule has 4 rings (SSSR count). The summed E-state index contributed by atoms with van der Waals surface area (Å²) in [6.45, 7) is 0.199. The summed E-state index contributed by atoms with van der Waals surface area (Å²) in [7, 11) is -2.83. The fourth-order valence-electron chi connectivity index (χ4n) is 3.15.